The fourth-order valence-corrected chi connectivity index (χ4v) is 3.68. The molecular weight excluding hydrogens is 408 g/mol. The highest BCUT2D eigenvalue weighted by Crippen LogP contribution is 2.32. The molecular formula is C25H26N2O5. The molecule has 0 fully saturated rings. The number of carbonyl (C=O) groups excluding carboxylic acids is 2. The lowest BCUT2D eigenvalue weighted by Gasteiger charge is -2.13. The zero-order chi connectivity index (χ0) is 22.7. The Morgan fingerprint density at radius 3 is 2.53 bits per heavy atom. The summed E-state index contributed by atoms with van der Waals surface area (Å²) in [5.74, 6) is 0.832. The molecule has 32 heavy (non-hydrogen) atoms. The molecule has 0 unspecified atom stereocenters. The average Bonchev–Trinajstić information content (AvgIpc) is 3.37. The Bertz CT molecular complexity index is 1150. The largest absolute Gasteiger partial charge is 0.462 e. The summed E-state index contributed by atoms with van der Waals surface area (Å²) in [6.45, 7) is 6.56. The topological polar surface area (TPSA) is 78.8 Å². The maximum atomic E-state index is 12.8. The summed E-state index contributed by atoms with van der Waals surface area (Å²) in [4.78, 5) is 25.3. The molecule has 1 aliphatic heterocycles. The number of benzene rings is 2. The molecule has 2 aromatic carbocycles. The van der Waals surface area contributed by atoms with Gasteiger partial charge in [-0.2, -0.15) is 0 Å². The number of nitrogens with one attached hydrogen (secondary N) is 1. The zero-order valence-electron chi connectivity index (χ0n) is 18.4. The molecule has 0 bridgehead atoms. The molecule has 7 nitrogen and oxygen atoms in total. The Morgan fingerprint density at radius 2 is 1.78 bits per heavy atom. The van der Waals surface area contributed by atoms with E-state index < -0.39 is 5.97 Å². The van der Waals surface area contributed by atoms with Crippen molar-refractivity contribution in [3.05, 3.63) is 70.9 Å². The highest BCUT2D eigenvalue weighted by molar-refractivity contribution is 5.93. The summed E-state index contributed by atoms with van der Waals surface area (Å²) in [5, 5.41) is 2.94. The minimum Gasteiger partial charge on any atom is -0.462 e. The fraction of sp³-hybridized carbons (Fsp3) is 0.280. The molecule has 3 aromatic rings. The lowest BCUT2D eigenvalue weighted by atomic mass is 10.1. The molecule has 166 valence electrons. The van der Waals surface area contributed by atoms with Crippen LogP contribution in [0.5, 0.6) is 11.5 Å². The van der Waals surface area contributed by atoms with Crippen molar-refractivity contribution in [2.45, 2.75) is 33.9 Å². The van der Waals surface area contributed by atoms with Crippen LogP contribution in [0, 0.1) is 13.8 Å². The van der Waals surface area contributed by atoms with Gasteiger partial charge in [0.2, 0.25) is 12.7 Å². The van der Waals surface area contributed by atoms with Gasteiger partial charge in [-0.1, -0.05) is 35.9 Å². The molecule has 0 saturated carbocycles. The summed E-state index contributed by atoms with van der Waals surface area (Å²) in [5.41, 5.74) is 4.93. The molecule has 0 saturated heterocycles. The van der Waals surface area contributed by atoms with E-state index in [9.17, 15) is 9.59 Å². The monoisotopic (exact) mass is 434 g/mol. The van der Waals surface area contributed by atoms with Gasteiger partial charge in [0.25, 0.3) is 0 Å². The molecule has 1 aliphatic rings. The van der Waals surface area contributed by atoms with Crippen molar-refractivity contribution in [3.63, 3.8) is 0 Å². The zero-order valence-corrected chi connectivity index (χ0v) is 18.4. The first-order valence-corrected chi connectivity index (χ1v) is 10.6. The minimum absolute atomic E-state index is 0.0823. The van der Waals surface area contributed by atoms with Crippen LogP contribution in [0.4, 0.5) is 0 Å². The lowest BCUT2D eigenvalue weighted by molar-refractivity contribution is -0.121. The normalized spacial score (nSPS) is 12.0. The van der Waals surface area contributed by atoms with Crippen molar-refractivity contribution in [3.8, 4) is 22.8 Å². The second-order valence-corrected chi connectivity index (χ2v) is 7.67. The van der Waals surface area contributed by atoms with Crippen molar-refractivity contribution >= 4 is 11.9 Å². The molecule has 0 spiro atoms. The number of hydrogen-bond donors (Lipinski definition) is 1. The lowest BCUT2D eigenvalue weighted by Crippen LogP contribution is -2.27. The predicted molar refractivity (Wildman–Crippen MR) is 120 cm³/mol. The molecule has 0 atom stereocenters. The van der Waals surface area contributed by atoms with Gasteiger partial charge < -0.3 is 24.1 Å². The van der Waals surface area contributed by atoms with Crippen LogP contribution in [-0.4, -0.2) is 29.8 Å². The quantitative estimate of drug-likeness (QED) is 0.569. The van der Waals surface area contributed by atoms with E-state index in [0.717, 1.165) is 22.4 Å². The number of nitrogens with zero attached hydrogens (tertiary/aromatic N) is 1. The number of esters is 1. The number of carbonyl (C=O) groups is 2. The predicted octanol–water partition coefficient (Wildman–Crippen LogP) is 3.99. The molecule has 1 amide bonds. The Morgan fingerprint density at radius 1 is 1.03 bits per heavy atom. The van der Waals surface area contributed by atoms with Crippen LogP contribution < -0.4 is 14.8 Å². The van der Waals surface area contributed by atoms with Crippen molar-refractivity contribution in [2.24, 2.45) is 0 Å². The second-order valence-electron chi connectivity index (χ2n) is 7.67. The van der Waals surface area contributed by atoms with Gasteiger partial charge in [-0.15, -0.1) is 0 Å². The van der Waals surface area contributed by atoms with Crippen LogP contribution >= 0.6 is 0 Å². The average molecular weight is 434 g/mol. The van der Waals surface area contributed by atoms with Crippen LogP contribution in [0.15, 0.2) is 48.5 Å². The highest BCUT2D eigenvalue weighted by atomic mass is 16.7. The Balaban J connectivity index is 1.55. The molecule has 7 heteroatoms. The molecule has 0 aliphatic carbocycles. The van der Waals surface area contributed by atoms with Crippen LogP contribution in [-0.2, 0) is 22.6 Å². The number of aromatic nitrogens is 1. The summed E-state index contributed by atoms with van der Waals surface area (Å²) >= 11 is 0. The molecule has 1 N–H and O–H groups in total. The van der Waals surface area contributed by atoms with Crippen molar-refractivity contribution < 1.29 is 23.8 Å². The SMILES string of the molecule is CCOC(=O)c1cc(-c2ccc(C)cc2)n(CC(=O)NCc2ccc3c(c2)OCO3)c1C. The van der Waals surface area contributed by atoms with Crippen LogP contribution in [0.25, 0.3) is 11.3 Å². The maximum Gasteiger partial charge on any atom is 0.339 e. The number of rotatable bonds is 7. The van der Waals surface area contributed by atoms with Gasteiger partial charge in [-0.05, 0) is 50.1 Å². The third-order valence-corrected chi connectivity index (χ3v) is 5.44. The van der Waals surface area contributed by atoms with Gasteiger partial charge in [-0.25, -0.2) is 4.79 Å². The Kier molecular flexibility index (Phi) is 6.16. The Labute approximate surface area is 186 Å². The molecule has 0 radical (unpaired) electrons. The number of fused-ring (bicyclic) bond motifs is 1. The van der Waals surface area contributed by atoms with Crippen LogP contribution in [0.3, 0.4) is 0 Å². The summed E-state index contributed by atoms with van der Waals surface area (Å²) in [6.07, 6.45) is 0. The van der Waals surface area contributed by atoms with E-state index in [1.54, 1.807) is 13.0 Å². The summed E-state index contributed by atoms with van der Waals surface area (Å²) in [7, 11) is 0. The smallest absolute Gasteiger partial charge is 0.339 e. The van der Waals surface area contributed by atoms with Crippen molar-refractivity contribution in [2.75, 3.05) is 13.4 Å². The van der Waals surface area contributed by atoms with E-state index in [2.05, 4.69) is 5.32 Å². The van der Waals surface area contributed by atoms with E-state index >= 15 is 0 Å². The third-order valence-electron chi connectivity index (χ3n) is 5.44. The first-order valence-electron chi connectivity index (χ1n) is 10.6. The van der Waals surface area contributed by atoms with Crippen LogP contribution in [0.1, 0.15) is 34.1 Å². The number of ether oxygens (including phenoxy) is 3. The van der Waals surface area contributed by atoms with Gasteiger partial charge >= 0.3 is 5.97 Å². The second kappa shape index (κ2) is 9.18. The Hall–Kier alpha value is -3.74. The minimum atomic E-state index is -0.391. The maximum absolute atomic E-state index is 12.8. The van der Waals surface area contributed by atoms with E-state index in [4.69, 9.17) is 14.2 Å². The number of hydrogen-bond acceptors (Lipinski definition) is 5. The van der Waals surface area contributed by atoms with Gasteiger partial charge in [0, 0.05) is 17.9 Å². The first kappa shape index (κ1) is 21.5. The molecule has 1 aromatic heterocycles. The van der Waals surface area contributed by atoms with Gasteiger partial charge in [0.15, 0.2) is 11.5 Å². The van der Waals surface area contributed by atoms with E-state index in [1.165, 1.54) is 0 Å². The van der Waals surface area contributed by atoms with Crippen LogP contribution in [0.2, 0.25) is 0 Å². The van der Waals surface area contributed by atoms with Crippen molar-refractivity contribution in [1.82, 2.24) is 9.88 Å². The number of aryl methyl sites for hydroxylation is 1. The summed E-state index contributed by atoms with van der Waals surface area (Å²) < 4.78 is 17.8. The standard InChI is InChI=1S/C25H26N2O5/c1-4-30-25(29)20-12-21(19-8-5-16(2)6-9-19)27(17(20)3)14-24(28)26-13-18-7-10-22-23(11-18)32-15-31-22/h5-12H,4,13-15H2,1-3H3,(H,26,28). The van der Waals surface area contributed by atoms with E-state index in [0.29, 0.717) is 35.9 Å². The van der Waals surface area contributed by atoms with Gasteiger partial charge in [0.05, 0.1) is 12.2 Å². The summed E-state index contributed by atoms with van der Waals surface area (Å²) in [6, 6.07) is 15.4. The first-order chi connectivity index (χ1) is 15.5. The molecule has 4 rings (SSSR count). The fourth-order valence-electron chi connectivity index (χ4n) is 3.68. The van der Waals surface area contributed by atoms with Crippen molar-refractivity contribution in [1.29, 1.82) is 0 Å². The third kappa shape index (κ3) is 4.46. The number of amides is 1. The van der Waals surface area contributed by atoms with E-state index in [-0.39, 0.29) is 19.2 Å². The van der Waals surface area contributed by atoms with Gasteiger partial charge in [-0.3, -0.25) is 4.79 Å². The molecule has 2 heterocycles. The highest BCUT2D eigenvalue weighted by Gasteiger charge is 2.21. The van der Waals surface area contributed by atoms with Gasteiger partial charge in [0.1, 0.15) is 6.54 Å². The van der Waals surface area contributed by atoms with E-state index in [1.807, 2.05) is 60.9 Å².